The van der Waals surface area contributed by atoms with E-state index >= 15 is 0 Å². The molecule has 0 saturated carbocycles. The summed E-state index contributed by atoms with van der Waals surface area (Å²) in [5.74, 6) is 1.19. The molecule has 0 spiro atoms. The molecule has 4 aromatic carbocycles. The number of imidazole rings is 2. The smallest absolute Gasteiger partial charge is 0.497 e. The molecule has 0 bridgehead atoms. The monoisotopic (exact) mass is 790 g/mol. The third kappa shape index (κ3) is 4.31. The molecule has 0 aliphatic carbocycles. The van der Waals surface area contributed by atoms with Crippen LogP contribution in [0.3, 0.4) is 0 Å². The number of pyridine rings is 3. The van der Waals surface area contributed by atoms with Gasteiger partial charge in [-0.15, -0.1) is 12.1 Å². The molecule has 47 heavy (non-hydrogen) atoms. The zero-order valence-electron chi connectivity index (χ0n) is 26.5. The van der Waals surface area contributed by atoms with Crippen molar-refractivity contribution in [2.24, 2.45) is 0 Å². The number of benzene rings is 4. The number of ether oxygens (including phenoxy) is 1. The minimum atomic E-state index is 0. The van der Waals surface area contributed by atoms with Crippen LogP contribution in [0, 0.1) is 46.8 Å². The van der Waals surface area contributed by atoms with Gasteiger partial charge < -0.3 is 13.5 Å². The molecule has 7 heteroatoms. The van der Waals surface area contributed by atoms with E-state index < -0.39 is 0 Å². The van der Waals surface area contributed by atoms with Gasteiger partial charge in [-0.1, -0.05) is 87.8 Å². The Morgan fingerprint density at radius 3 is 2.04 bits per heavy atom. The van der Waals surface area contributed by atoms with Crippen molar-refractivity contribution in [3.05, 3.63) is 125 Å². The summed E-state index contributed by atoms with van der Waals surface area (Å²) in [5, 5.41) is 6.11. The van der Waals surface area contributed by atoms with Crippen LogP contribution < -0.4 is 4.74 Å². The molecule has 9 aromatic rings. The second-order valence-electron chi connectivity index (χ2n) is 12.2. The maximum absolute atomic E-state index is 6.50. The van der Waals surface area contributed by atoms with E-state index in [1.807, 2.05) is 30.6 Å². The Kier molecular flexibility index (Phi) is 6.71. The fourth-order valence-electron chi connectivity index (χ4n) is 7.25. The van der Waals surface area contributed by atoms with E-state index in [1.54, 1.807) is 0 Å². The fraction of sp³-hybridized carbons (Fsp3) is 0.125. The molecule has 0 radical (unpaired) electrons. The van der Waals surface area contributed by atoms with Crippen LogP contribution in [0.25, 0.3) is 66.0 Å². The molecule has 230 valence electrons. The Morgan fingerprint density at radius 1 is 0.638 bits per heavy atom. The quantitative estimate of drug-likeness (QED) is 0.132. The first kappa shape index (κ1) is 29.3. The second kappa shape index (κ2) is 10.7. The number of hydrogen-bond acceptors (Lipinski definition) is 4. The Bertz CT molecular complexity index is 2720. The molecule has 0 atom stereocenters. The molecule has 0 fully saturated rings. The topological polar surface area (TPSA) is 56.7 Å². The standard InChI is InChI=1S/C40H29N5O.Pt/c1-22-17-23(2)37(24(3)18-22)36-21-42-39-33-19-27(13-15-30(33)32-10-8-16-41-38(32)45(36)39)46-28-12-14-29-31-9-6-7-11-35(31)44-26(5)25(4)43-40(44)34(29)20-28;/h6-18,21H,1-5H3;/q-2;+2. The first-order chi connectivity index (χ1) is 22.4. The van der Waals surface area contributed by atoms with Crippen LogP contribution in [0.2, 0.25) is 0 Å². The van der Waals surface area contributed by atoms with E-state index in [0.29, 0.717) is 11.5 Å². The normalized spacial score (nSPS) is 11.8. The number of nitrogens with zero attached hydrogens (tertiary/aromatic N) is 5. The molecule has 5 heterocycles. The van der Waals surface area contributed by atoms with Crippen molar-refractivity contribution in [1.82, 2.24) is 23.8 Å². The number of para-hydroxylation sites is 1. The molecule has 0 saturated heterocycles. The molecular weight excluding hydrogens is 762 g/mol. The molecule has 9 rings (SSSR count). The predicted molar refractivity (Wildman–Crippen MR) is 185 cm³/mol. The van der Waals surface area contributed by atoms with Gasteiger partial charge in [0.05, 0.1) is 17.0 Å². The molecule has 0 unspecified atom stereocenters. The van der Waals surface area contributed by atoms with E-state index in [0.717, 1.165) is 71.9 Å². The summed E-state index contributed by atoms with van der Waals surface area (Å²) in [5.41, 5.74) is 11.6. The number of aromatic nitrogens is 5. The van der Waals surface area contributed by atoms with E-state index in [9.17, 15) is 0 Å². The molecule has 0 N–H and O–H groups in total. The van der Waals surface area contributed by atoms with Crippen LogP contribution in [-0.4, -0.2) is 23.8 Å². The average molecular weight is 791 g/mol. The number of rotatable bonds is 3. The van der Waals surface area contributed by atoms with Gasteiger partial charge in [0.1, 0.15) is 5.65 Å². The fourth-order valence-corrected chi connectivity index (χ4v) is 7.25. The molecule has 0 amide bonds. The van der Waals surface area contributed by atoms with Crippen molar-refractivity contribution in [2.45, 2.75) is 34.6 Å². The Hall–Kier alpha value is -5.06. The Labute approximate surface area is 285 Å². The molecule has 5 aromatic heterocycles. The first-order valence-corrected chi connectivity index (χ1v) is 15.5. The van der Waals surface area contributed by atoms with Crippen LogP contribution in [-0.2, 0) is 21.1 Å². The van der Waals surface area contributed by atoms with Crippen molar-refractivity contribution < 1.29 is 25.8 Å². The Morgan fingerprint density at radius 2 is 1.30 bits per heavy atom. The number of aryl methyl sites for hydroxylation is 5. The summed E-state index contributed by atoms with van der Waals surface area (Å²) in [6.45, 7) is 10.6. The van der Waals surface area contributed by atoms with Gasteiger partial charge in [-0.05, 0) is 68.7 Å². The van der Waals surface area contributed by atoms with Crippen LogP contribution in [0.15, 0.2) is 85.2 Å². The number of fused-ring (bicyclic) bond motifs is 12. The largest absolute Gasteiger partial charge is 2.00 e. The van der Waals surface area contributed by atoms with Gasteiger partial charge in [0.2, 0.25) is 0 Å². The van der Waals surface area contributed by atoms with Gasteiger partial charge in [-0.3, -0.25) is 9.97 Å². The van der Waals surface area contributed by atoms with Crippen molar-refractivity contribution in [2.75, 3.05) is 0 Å². The summed E-state index contributed by atoms with van der Waals surface area (Å²) in [6.07, 6.45) is 3.79. The summed E-state index contributed by atoms with van der Waals surface area (Å²) < 4.78 is 10.9. The van der Waals surface area contributed by atoms with Crippen molar-refractivity contribution in [1.29, 1.82) is 0 Å². The summed E-state index contributed by atoms with van der Waals surface area (Å²) in [6, 6.07) is 32.2. The third-order valence-corrected chi connectivity index (χ3v) is 9.27. The maximum atomic E-state index is 6.50. The van der Waals surface area contributed by atoms with E-state index in [-0.39, 0.29) is 21.1 Å². The second-order valence-corrected chi connectivity index (χ2v) is 12.2. The zero-order valence-corrected chi connectivity index (χ0v) is 28.8. The molecule has 6 nitrogen and oxygen atoms in total. The Balaban J connectivity index is 0.00000324. The SMILES string of the molecule is Cc1cc(C)c(-c2cnc3c4[c-]c(Oc5[c-]c6c(cc5)c5ccccc5n5c(C)c(C)nc65)ccc4c4cccnc4n23)c(C)c1.[Pt+2]. The summed E-state index contributed by atoms with van der Waals surface area (Å²) in [4.78, 5) is 14.7. The minimum Gasteiger partial charge on any atom is -0.497 e. The average Bonchev–Trinajstić information content (AvgIpc) is 3.62. The van der Waals surface area contributed by atoms with Gasteiger partial charge >= 0.3 is 21.1 Å². The van der Waals surface area contributed by atoms with Gasteiger partial charge in [-0.2, -0.15) is 0 Å². The van der Waals surface area contributed by atoms with Gasteiger partial charge in [0.15, 0.2) is 0 Å². The predicted octanol–water partition coefficient (Wildman–Crippen LogP) is 9.59. The molecule has 0 aliphatic heterocycles. The number of hydrogen-bond donors (Lipinski definition) is 0. The first-order valence-electron chi connectivity index (χ1n) is 15.5. The zero-order chi connectivity index (χ0) is 31.3. The summed E-state index contributed by atoms with van der Waals surface area (Å²) in [7, 11) is 0. The van der Waals surface area contributed by atoms with Crippen molar-refractivity contribution in [3.8, 4) is 22.8 Å². The van der Waals surface area contributed by atoms with Crippen LogP contribution in [0.5, 0.6) is 11.5 Å². The van der Waals surface area contributed by atoms with Crippen LogP contribution in [0.4, 0.5) is 0 Å². The van der Waals surface area contributed by atoms with Gasteiger partial charge in [-0.25, -0.2) is 4.98 Å². The minimum absolute atomic E-state index is 0. The van der Waals surface area contributed by atoms with Crippen LogP contribution in [0.1, 0.15) is 28.1 Å². The molecular formula is C40H29N5OPt. The van der Waals surface area contributed by atoms with Crippen LogP contribution >= 0.6 is 0 Å². The van der Waals surface area contributed by atoms with Crippen molar-refractivity contribution in [3.63, 3.8) is 0 Å². The van der Waals surface area contributed by atoms with Gasteiger partial charge in [0, 0.05) is 46.4 Å². The van der Waals surface area contributed by atoms with E-state index in [2.05, 4.69) is 110 Å². The maximum Gasteiger partial charge on any atom is 2.00 e. The third-order valence-electron chi connectivity index (χ3n) is 9.27. The van der Waals surface area contributed by atoms with Crippen molar-refractivity contribution >= 4 is 54.8 Å². The van der Waals surface area contributed by atoms with Gasteiger partial charge in [0.25, 0.3) is 0 Å². The summed E-state index contributed by atoms with van der Waals surface area (Å²) >= 11 is 0. The molecule has 0 aliphatic rings. The van der Waals surface area contributed by atoms with E-state index in [4.69, 9.17) is 19.7 Å². The van der Waals surface area contributed by atoms with E-state index in [1.165, 1.54) is 22.3 Å².